The van der Waals surface area contributed by atoms with E-state index in [1.54, 1.807) is 18.3 Å². The largest absolute Gasteiger partial charge is 0.361 e. The zero-order chi connectivity index (χ0) is 20.9. The number of nitrogens with zero attached hydrogens (tertiary/aromatic N) is 2. The van der Waals surface area contributed by atoms with Gasteiger partial charge < -0.3 is 4.52 Å². The molecular formula is C24H22N2O3S. The van der Waals surface area contributed by atoms with Gasteiger partial charge in [0.05, 0.1) is 21.9 Å². The number of hydrogen-bond acceptors (Lipinski definition) is 5. The molecule has 2 atom stereocenters. The Labute approximate surface area is 175 Å². The lowest BCUT2D eigenvalue weighted by atomic mass is 10.0. The van der Waals surface area contributed by atoms with E-state index in [2.05, 4.69) is 22.3 Å². The molecule has 0 aliphatic heterocycles. The van der Waals surface area contributed by atoms with E-state index in [1.807, 2.05) is 44.2 Å². The van der Waals surface area contributed by atoms with Crippen molar-refractivity contribution in [1.82, 2.24) is 10.1 Å². The van der Waals surface area contributed by atoms with Crippen molar-refractivity contribution in [2.75, 3.05) is 5.75 Å². The maximum absolute atomic E-state index is 13.5. The Bertz CT molecular complexity index is 1320. The monoisotopic (exact) mass is 418 g/mol. The minimum absolute atomic E-state index is 0.140. The van der Waals surface area contributed by atoms with Crippen LogP contribution in [-0.4, -0.2) is 24.3 Å². The zero-order valence-electron chi connectivity index (χ0n) is 16.9. The van der Waals surface area contributed by atoms with Gasteiger partial charge in [-0.3, -0.25) is 4.98 Å². The topological polar surface area (TPSA) is 73.1 Å². The Morgan fingerprint density at radius 2 is 1.87 bits per heavy atom. The van der Waals surface area contributed by atoms with Crippen molar-refractivity contribution in [3.8, 4) is 11.1 Å². The fraction of sp³-hybridized carbons (Fsp3) is 0.250. The summed E-state index contributed by atoms with van der Waals surface area (Å²) in [6.45, 7) is 3.69. The molecule has 0 bridgehead atoms. The maximum atomic E-state index is 13.5. The van der Waals surface area contributed by atoms with E-state index >= 15 is 0 Å². The molecular weight excluding hydrogens is 396 g/mol. The van der Waals surface area contributed by atoms with Gasteiger partial charge in [0.25, 0.3) is 0 Å². The van der Waals surface area contributed by atoms with E-state index in [4.69, 9.17) is 4.52 Å². The Morgan fingerprint density at radius 3 is 2.60 bits per heavy atom. The summed E-state index contributed by atoms with van der Waals surface area (Å²) < 4.78 is 32.3. The van der Waals surface area contributed by atoms with E-state index in [0.717, 1.165) is 23.2 Å². The van der Waals surface area contributed by atoms with Crippen molar-refractivity contribution in [3.05, 3.63) is 77.8 Å². The Balaban J connectivity index is 1.56. The summed E-state index contributed by atoms with van der Waals surface area (Å²) >= 11 is 0. The van der Waals surface area contributed by atoms with Crippen LogP contribution in [0, 0.1) is 19.8 Å². The van der Waals surface area contributed by atoms with E-state index in [-0.39, 0.29) is 11.7 Å². The van der Waals surface area contributed by atoms with E-state index in [9.17, 15) is 8.42 Å². The van der Waals surface area contributed by atoms with Crippen LogP contribution in [0.25, 0.3) is 22.0 Å². The van der Waals surface area contributed by atoms with Gasteiger partial charge in [0.1, 0.15) is 5.76 Å². The summed E-state index contributed by atoms with van der Waals surface area (Å²) in [6.07, 6.45) is 2.59. The van der Waals surface area contributed by atoms with E-state index in [1.165, 1.54) is 5.56 Å². The molecule has 0 spiro atoms. The van der Waals surface area contributed by atoms with Crippen molar-refractivity contribution >= 4 is 20.7 Å². The molecule has 1 fully saturated rings. The highest BCUT2D eigenvalue weighted by Crippen LogP contribution is 2.49. The van der Waals surface area contributed by atoms with Gasteiger partial charge in [0.15, 0.2) is 9.84 Å². The average molecular weight is 419 g/mol. The predicted octanol–water partition coefficient (Wildman–Crippen LogP) is 5.08. The van der Waals surface area contributed by atoms with E-state index in [0.29, 0.717) is 27.5 Å². The molecule has 4 aromatic rings. The number of aryl methyl sites for hydroxylation is 2. The number of aromatic nitrogens is 2. The van der Waals surface area contributed by atoms with E-state index < -0.39 is 9.84 Å². The first-order valence-electron chi connectivity index (χ1n) is 10.0. The lowest BCUT2D eigenvalue weighted by Gasteiger charge is -2.11. The minimum Gasteiger partial charge on any atom is -0.361 e. The SMILES string of the molecule is Cc1noc(C)c1-c1cc(S(=O)(=O)C[C@@H]2C[C@H]2c2ccccc2)c2cccnc2c1. The van der Waals surface area contributed by atoms with Crippen LogP contribution in [0.5, 0.6) is 0 Å². The second-order valence-corrected chi connectivity index (χ2v) is 10.0. The molecule has 2 heterocycles. The smallest absolute Gasteiger partial charge is 0.179 e. The highest BCUT2D eigenvalue weighted by atomic mass is 32.2. The van der Waals surface area contributed by atoms with Crippen molar-refractivity contribution in [3.63, 3.8) is 0 Å². The quantitative estimate of drug-likeness (QED) is 0.452. The predicted molar refractivity (Wildman–Crippen MR) is 116 cm³/mol. The molecule has 0 N–H and O–H groups in total. The summed E-state index contributed by atoms with van der Waals surface area (Å²) in [6, 6.07) is 17.4. The van der Waals surface area contributed by atoms with Crippen molar-refractivity contribution in [2.24, 2.45) is 5.92 Å². The zero-order valence-corrected chi connectivity index (χ0v) is 17.7. The van der Waals surface area contributed by atoms with Crippen LogP contribution >= 0.6 is 0 Å². The van der Waals surface area contributed by atoms with Gasteiger partial charge in [-0.25, -0.2) is 8.42 Å². The summed E-state index contributed by atoms with van der Waals surface area (Å²) in [4.78, 5) is 4.76. The molecule has 0 amide bonds. The van der Waals surface area contributed by atoms with Crippen LogP contribution in [-0.2, 0) is 9.84 Å². The molecule has 0 unspecified atom stereocenters. The molecule has 6 heteroatoms. The van der Waals surface area contributed by atoms with Crippen LogP contribution in [0.2, 0.25) is 0 Å². The molecule has 152 valence electrons. The lowest BCUT2D eigenvalue weighted by molar-refractivity contribution is 0.393. The van der Waals surface area contributed by atoms with Crippen molar-refractivity contribution < 1.29 is 12.9 Å². The third kappa shape index (κ3) is 3.31. The number of benzene rings is 2. The number of rotatable bonds is 5. The Morgan fingerprint density at radius 1 is 1.07 bits per heavy atom. The van der Waals surface area contributed by atoms with Crippen LogP contribution in [0.1, 0.15) is 29.4 Å². The summed E-state index contributed by atoms with van der Waals surface area (Å²) in [5.74, 6) is 1.27. The first kappa shape index (κ1) is 19.0. The molecule has 0 saturated heterocycles. The molecule has 2 aromatic carbocycles. The fourth-order valence-electron chi connectivity index (χ4n) is 4.36. The maximum Gasteiger partial charge on any atom is 0.179 e. The van der Waals surface area contributed by atoms with Gasteiger partial charge >= 0.3 is 0 Å². The number of sulfone groups is 1. The Kier molecular flexibility index (Phi) is 4.47. The summed E-state index contributed by atoms with van der Waals surface area (Å²) in [7, 11) is -3.49. The van der Waals surface area contributed by atoms with Crippen molar-refractivity contribution in [2.45, 2.75) is 31.1 Å². The highest BCUT2D eigenvalue weighted by Gasteiger charge is 2.41. The lowest BCUT2D eigenvalue weighted by Crippen LogP contribution is -2.10. The highest BCUT2D eigenvalue weighted by molar-refractivity contribution is 7.91. The van der Waals surface area contributed by atoms with Gasteiger partial charge in [0, 0.05) is 17.1 Å². The van der Waals surface area contributed by atoms with Crippen LogP contribution in [0.3, 0.4) is 0 Å². The fourth-order valence-corrected chi connectivity index (χ4v) is 6.28. The number of pyridine rings is 1. The van der Waals surface area contributed by atoms with Crippen LogP contribution in [0.4, 0.5) is 0 Å². The van der Waals surface area contributed by atoms with Crippen LogP contribution in [0.15, 0.2) is 70.2 Å². The molecule has 30 heavy (non-hydrogen) atoms. The summed E-state index contributed by atoms with van der Waals surface area (Å²) in [5, 5.41) is 4.68. The second-order valence-electron chi connectivity index (χ2n) is 8.04. The van der Waals surface area contributed by atoms with Gasteiger partial charge in [-0.05, 0) is 67.5 Å². The van der Waals surface area contributed by atoms with Crippen molar-refractivity contribution in [1.29, 1.82) is 0 Å². The molecule has 1 aliphatic carbocycles. The molecule has 1 aliphatic rings. The van der Waals surface area contributed by atoms with Gasteiger partial charge in [-0.15, -0.1) is 0 Å². The third-order valence-corrected chi connectivity index (χ3v) is 7.80. The first-order chi connectivity index (χ1) is 14.4. The standard InChI is InChI=1S/C24H22N2O3S/c1-15-24(16(2)29-26-15)18-12-22-20(9-6-10-25-22)23(13-18)30(27,28)14-19-11-21(19)17-7-4-3-5-8-17/h3-10,12-13,19,21H,11,14H2,1-2H3/t19-,21-/m0/s1. The van der Waals surface area contributed by atoms with Crippen LogP contribution < -0.4 is 0 Å². The first-order valence-corrected chi connectivity index (χ1v) is 11.7. The molecule has 1 saturated carbocycles. The molecule has 2 aromatic heterocycles. The summed E-state index contributed by atoms with van der Waals surface area (Å²) in [5.41, 5.74) is 4.20. The second kappa shape index (κ2) is 7.06. The van der Waals surface area contributed by atoms with Gasteiger partial charge in [-0.1, -0.05) is 35.5 Å². The van der Waals surface area contributed by atoms with Gasteiger partial charge in [-0.2, -0.15) is 0 Å². The number of hydrogen-bond donors (Lipinski definition) is 0. The molecule has 5 rings (SSSR count). The molecule has 5 nitrogen and oxygen atoms in total. The number of fused-ring (bicyclic) bond motifs is 1. The minimum atomic E-state index is -3.49. The normalized spacial score (nSPS) is 18.6. The van der Waals surface area contributed by atoms with Gasteiger partial charge in [0.2, 0.25) is 0 Å². The average Bonchev–Trinajstić information content (AvgIpc) is 3.42. The molecule has 0 radical (unpaired) electrons. The Hall–Kier alpha value is -2.99. The third-order valence-electron chi connectivity index (χ3n) is 5.92.